The van der Waals surface area contributed by atoms with Gasteiger partial charge in [-0.1, -0.05) is 48.9 Å². The summed E-state index contributed by atoms with van der Waals surface area (Å²) in [7, 11) is 0. The van der Waals surface area contributed by atoms with E-state index in [1.54, 1.807) is 24.0 Å². The highest BCUT2D eigenvalue weighted by molar-refractivity contribution is 7.99. The second kappa shape index (κ2) is 12.2. The van der Waals surface area contributed by atoms with Crippen LogP contribution < -0.4 is 5.32 Å². The van der Waals surface area contributed by atoms with Crippen LogP contribution in [0.2, 0.25) is 0 Å². The Hall–Kier alpha value is -2.87. The summed E-state index contributed by atoms with van der Waals surface area (Å²) in [6, 6.07) is 13.7. The summed E-state index contributed by atoms with van der Waals surface area (Å²) in [5, 5.41) is 13.7. The normalized spacial score (nSPS) is 12.6. The number of nitrogens with zero attached hydrogens (tertiary/aromatic N) is 2. The van der Waals surface area contributed by atoms with E-state index < -0.39 is 11.0 Å². The van der Waals surface area contributed by atoms with Crippen molar-refractivity contribution >= 4 is 29.3 Å². The van der Waals surface area contributed by atoms with E-state index in [2.05, 4.69) is 5.32 Å². The quantitative estimate of drug-likeness (QED) is 0.397. The van der Waals surface area contributed by atoms with Gasteiger partial charge in [0, 0.05) is 30.5 Å². The van der Waals surface area contributed by atoms with Crippen molar-refractivity contribution in [3.05, 3.63) is 75.3 Å². The Kier molecular flexibility index (Phi) is 9.71. The summed E-state index contributed by atoms with van der Waals surface area (Å²) in [5.41, 5.74) is 3.04. The molecule has 8 heteroatoms. The number of hydrogen-bond donors (Lipinski definition) is 1. The fourth-order valence-corrected chi connectivity index (χ4v) is 3.86. The summed E-state index contributed by atoms with van der Waals surface area (Å²) in [5.74, 6) is 0.476. The fraction of sp³-hybridized carbons (Fsp3) is 0.417. The number of benzene rings is 2. The predicted octanol–water partition coefficient (Wildman–Crippen LogP) is 4.47. The molecule has 2 rings (SSSR count). The van der Waals surface area contributed by atoms with E-state index in [-0.39, 0.29) is 29.3 Å². The SMILES string of the molecule is CC[C@H](C)NC(=O)[C@@H](C)N(Cc1ccc(C)cc1)C(=O)CSCc1ccc([N+](=O)[O-])cc1. The van der Waals surface area contributed by atoms with Crippen LogP contribution in [0.4, 0.5) is 5.69 Å². The zero-order chi connectivity index (χ0) is 23.7. The first-order valence-electron chi connectivity index (χ1n) is 10.7. The minimum atomic E-state index is -0.599. The van der Waals surface area contributed by atoms with Crippen LogP contribution in [0.15, 0.2) is 48.5 Å². The number of non-ortho nitro benzene ring substituents is 1. The third-order valence-corrected chi connectivity index (χ3v) is 6.27. The van der Waals surface area contributed by atoms with Crippen molar-refractivity contribution in [3.63, 3.8) is 0 Å². The molecule has 0 radical (unpaired) electrons. The van der Waals surface area contributed by atoms with Gasteiger partial charge in [0.25, 0.3) is 5.69 Å². The summed E-state index contributed by atoms with van der Waals surface area (Å²) in [6.07, 6.45) is 0.815. The Morgan fingerprint density at radius 1 is 1.06 bits per heavy atom. The van der Waals surface area contributed by atoms with Gasteiger partial charge in [-0.2, -0.15) is 0 Å². The molecule has 0 spiro atoms. The van der Waals surface area contributed by atoms with E-state index in [0.717, 1.165) is 23.1 Å². The lowest BCUT2D eigenvalue weighted by Gasteiger charge is -2.29. The number of amides is 2. The maximum absolute atomic E-state index is 13.1. The molecule has 0 saturated heterocycles. The van der Waals surface area contributed by atoms with Crippen LogP contribution in [0.25, 0.3) is 0 Å². The van der Waals surface area contributed by atoms with Crippen molar-refractivity contribution in [3.8, 4) is 0 Å². The third-order valence-electron chi connectivity index (χ3n) is 5.28. The Bertz CT molecular complexity index is 916. The minimum absolute atomic E-state index is 0.0396. The molecule has 7 nitrogen and oxygen atoms in total. The van der Waals surface area contributed by atoms with Crippen molar-refractivity contribution in [2.24, 2.45) is 0 Å². The molecule has 0 aliphatic rings. The molecule has 2 aromatic rings. The maximum Gasteiger partial charge on any atom is 0.269 e. The molecule has 2 aromatic carbocycles. The molecular formula is C24H31N3O4S. The molecule has 32 heavy (non-hydrogen) atoms. The third kappa shape index (κ3) is 7.67. The minimum Gasteiger partial charge on any atom is -0.352 e. The van der Waals surface area contributed by atoms with Crippen LogP contribution in [0, 0.1) is 17.0 Å². The first-order valence-corrected chi connectivity index (χ1v) is 11.8. The number of nitrogens with one attached hydrogen (secondary N) is 1. The molecule has 172 valence electrons. The number of nitro benzene ring substituents is 1. The van der Waals surface area contributed by atoms with E-state index in [1.165, 1.54) is 23.9 Å². The number of hydrogen-bond acceptors (Lipinski definition) is 5. The number of thioether (sulfide) groups is 1. The van der Waals surface area contributed by atoms with Crippen LogP contribution in [-0.2, 0) is 21.9 Å². The van der Waals surface area contributed by atoms with Gasteiger partial charge in [0.1, 0.15) is 6.04 Å². The van der Waals surface area contributed by atoms with Crippen LogP contribution in [-0.4, -0.2) is 39.5 Å². The molecule has 0 unspecified atom stereocenters. The van der Waals surface area contributed by atoms with E-state index in [4.69, 9.17) is 0 Å². The van der Waals surface area contributed by atoms with Crippen molar-refractivity contribution < 1.29 is 14.5 Å². The zero-order valence-electron chi connectivity index (χ0n) is 19.0. The monoisotopic (exact) mass is 457 g/mol. The van der Waals surface area contributed by atoms with Crippen molar-refractivity contribution in [1.29, 1.82) is 0 Å². The average molecular weight is 458 g/mol. The molecule has 0 aliphatic heterocycles. The smallest absolute Gasteiger partial charge is 0.269 e. The van der Waals surface area contributed by atoms with Gasteiger partial charge < -0.3 is 10.2 Å². The number of nitro groups is 1. The lowest BCUT2D eigenvalue weighted by atomic mass is 10.1. The van der Waals surface area contributed by atoms with E-state index in [1.807, 2.05) is 45.0 Å². The molecular weight excluding hydrogens is 426 g/mol. The summed E-state index contributed by atoms with van der Waals surface area (Å²) in [6.45, 7) is 8.05. The van der Waals surface area contributed by atoms with E-state index in [0.29, 0.717) is 12.3 Å². The number of rotatable bonds is 11. The largest absolute Gasteiger partial charge is 0.352 e. The molecule has 0 fully saturated rings. The van der Waals surface area contributed by atoms with Gasteiger partial charge in [0.05, 0.1) is 10.7 Å². The first-order chi connectivity index (χ1) is 15.2. The van der Waals surface area contributed by atoms with Crippen LogP contribution in [0.3, 0.4) is 0 Å². The highest BCUT2D eigenvalue weighted by atomic mass is 32.2. The highest BCUT2D eigenvalue weighted by Gasteiger charge is 2.26. The Morgan fingerprint density at radius 2 is 1.66 bits per heavy atom. The van der Waals surface area contributed by atoms with E-state index in [9.17, 15) is 19.7 Å². The molecule has 0 bridgehead atoms. The number of carbonyl (C=O) groups is 2. The van der Waals surface area contributed by atoms with Crippen LogP contribution in [0.5, 0.6) is 0 Å². The molecule has 0 heterocycles. The predicted molar refractivity (Wildman–Crippen MR) is 128 cm³/mol. The van der Waals surface area contributed by atoms with Crippen LogP contribution >= 0.6 is 11.8 Å². The van der Waals surface area contributed by atoms with Crippen molar-refractivity contribution in [1.82, 2.24) is 10.2 Å². The topological polar surface area (TPSA) is 92.6 Å². The average Bonchev–Trinajstić information content (AvgIpc) is 2.78. The fourth-order valence-electron chi connectivity index (χ4n) is 2.99. The molecule has 2 atom stereocenters. The molecule has 0 aromatic heterocycles. The van der Waals surface area contributed by atoms with Gasteiger partial charge in [0.15, 0.2) is 0 Å². The second-order valence-electron chi connectivity index (χ2n) is 7.92. The second-order valence-corrected chi connectivity index (χ2v) is 8.90. The van der Waals surface area contributed by atoms with Gasteiger partial charge in [-0.25, -0.2) is 0 Å². The molecule has 0 aliphatic carbocycles. The summed E-state index contributed by atoms with van der Waals surface area (Å²) in [4.78, 5) is 37.8. The lowest BCUT2D eigenvalue weighted by molar-refractivity contribution is -0.384. The van der Waals surface area contributed by atoms with Gasteiger partial charge in [-0.05, 0) is 38.3 Å². The van der Waals surface area contributed by atoms with Crippen molar-refractivity contribution in [2.45, 2.75) is 58.5 Å². The van der Waals surface area contributed by atoms with Gasteiger partial charge in [-0.3, -0.25) is 19.7 Å². The number of carbonyl (C=O) groups excluding carboxylic acids is 2. The molecule has 0 saturated carbocycles. The zero-order valence-corrected chi connectivity index (χ0v) is 19.9. The summed E-state index contributed by atoms with van der Waals surface area (Å²) >= 11 is 1.42. The lowest BCUT2D eigenvalue weighted by Crippen LogP contribution is -2.50. The maximum atomic E-state index is 13.1. The number of aryl methyl sites for hydroxylation is 1. The van der Waals surface area contributed by atoms with Crippen molar-refractivity contribution in [2.75, 3.05) is 5.75 Å². The highest BCUT2D eigenvalue weighted by Crippen LogP contribution is 2.19. The van der Waals surface area contributed by atoms with Gasteiger partial charge in [-0.15, -0.1) is 11.8 Å². The Labute approximate surface area is 193 Å². The Morgan fingerprint density at radius 3 is 2.22 bits per heavy atom. The molecule has 2 amide bonds. The summed E-state index contributed by atoms with van der Waals surface area (Å²) < 4.78 is 0. The van der Waals surface area contributed by atoms with Crippen LogP contribution in [0.1, 0.15) is 43.9 Å². The van der Waals surface area contributed by atoms with Gasteiger partial charge in [0.2, 0.25) is 11.8 Å². The van der Waals surface area contributed by atoms with Gasteiger partial charge >= 0.3 is 0 Å². The Balaban J connectivity index is 2.05. The standard InChI is InChI=1S/C24H31N3O4S/c1-5-18(3)25-24(29)19(4)26(14-20-8-6-17(2)7-9-20)23(28)16-32-15-21-10-12-22(13-11-21)27(30)31/h6-13,18-19H,5,14-16H2,1-4H3,(H,25,29)/t18-,19+/m0/s1. The van der Waals surface area contributed by atoms with E-state index >= 15 is 0 Å². The first kappa shape index (κ1) is 25.4. The molecule has 1 N–H and O–H groups in total.